The Morgan fingerprint density at radius 3 is 2.63 bits per heavy atom. The summed E-state index contributed by atoms with van der Waals surface area (Å²) in [7, 11) is 1.69. The average Bonchev–Trinajstić information content (AvgIpc) is 2.37. The van der Waals surface area contributed by atoms with Gasteiger partial charge in [-0.3, -0.25) is 9.69 Å². The Kier molecular flexibility index (Phi) is 5.79. The summed E-state index contributed by atoms with van der Waals surface area (Å²) in [5.41, 5.74) is 13.2. The Hall–Kier alpha value is -1.59. The van der Waals surface area contributed by atoms with Gasteiger partial charge in [0.25, 0.3) is 0 Å². The van der Waals surface area contributed by atoms with Crippen LogP contribution in [0.4, 0.5) is 5.69 Å². The van der Waals surface area contributed by atoms with E-state index in [0.717, 1.165) is 18.7 Å². The van der Waals surface area contributed by atoms with Crippen LogP contribution >= 0.6 is 0 Å². The number of ether oxygens (including phenoxy) is 1. The molecule has 4 N–H and O–H groups in total. The second-order valence-corrected chi connectivity index (χ2v) is 4.65. The minimum Gasteiger partial charge on any atom is -0.398 e. The largest absolute Gasteiger partial charge is 0.398 e. The number of hydrogen-bond donors (Lipinski definition) is 2. The van der Waals surface area contributed by atoms with Gasteiger partial charge in [-0.2, -0.15) is 0 Å². The minimum atomic E-state index is -0.460. The van der Waals surface area contributed by atoms with Crippen LogP contribution in [0.15, 0.2) is 18.2 Å². The van der Waals surface area contributed by atoms with Crippen LogP contribution in [0.1, 0.15) is 29.8 Å². The lowest BCUT2D eigenvalue weighted by Crippen LogP contribution is -2.35. The standard InChI is InChI=1S/C14H23N3O2/c1-4-17(10(2)9-19-3)8-12-6-5-11(14(16)18)7-13(12)15/h5-7,10H,4,8-9,15H2,1-3H3,(H2,16,18). The van der Waals surface area contributed by atoms with Crippen LogP contribution < -0.4 is 11.5 Å². The number of nitrogens with zero attached hydrogens (tertiary/aromatic N) is 1. The highest BCUT2D eigenvalue weighted by molar-refractivity contribution is 5.93. The van der Waals surface area contributed by atoms with Crippen molar-refractivity contribution in [2.24, 2.45) is 5.73 Å². The molecule has 0 saturated heterocycles. The highest BCUT2D eigenvalue weighted by Gasteiger charge is 2.14. The number of carbonyl (C=O) groups is 1. The molecule has 0 bridgehead atoms. The zero-order valence-corrected chi connectivity index (χ0v) is 11.8. The van der Waals surface area contributed by atoms with E-state index in [9.17, 15) is 4.79 Å². The van der Waals surface area contributed by atoms with Crippen LogP contribution in [-0.4, -0.2) is 37.1 Å². The fourth-order valence-electron chi connectivity index (χ4n) is 2.04. The van der Waals surface area contributed by atoms with Crippen molar-refractivity contribution in [2.45, 2.75) is 26.4 Å². The molecule has 0 aliphatic carbocycles. The SMILES string of the molecule is CCN(Cc1ccc(C(N)=O)cc1N)C(C)COC. The number of carbonyl (C=O) groups excluding carboxylic acids is 1. The van der Waals surface area contributed by atoms with Crippen molar-refractivity contribution in [3.05, 3.63) is 29.3 Å². The fraction of sp³-hybridized carbons (Fsp3) is 0.500. The summed E-state index contributed by atoms with van der Waals surface area (Å²) in [5, 5.41) is 0. The Balaban J connectivity index is 2.83. The number of anilines is 1. The normalized spacial score (nSPS) is 12.6. The van der Waals surface area contributed by atoms with Crippen molar-refractivity contribution in [1.29, 1.82) is 0 Å². The van der Waals surface area contributed by atoms with E-state index >= 15 is 0 Å². The molecule has 0 aromatic heterocycles. The molecule has 5 nitrogen and oxygen atoms in total. The van der Waals surface area contributed by atoms with Crippen molar-refractivity contribution >= 4 is 11.6 Å². The molecule has 1 amide bonds. The van der Waals surface area contributed by atoms with Crippen LogP contribution in [-0.2, 0) is 11.3 Å². The maximum atomic E-state index is 11.1. The van der Waals surface area contributed by atoms with Crippen molar-refractivity contribution < 1.29 is 9.53 Å². The van der Waals surface area contributed by atoms with Crippen LogP contribution in [0.3, 0.4) is 0 Å². The second kappa shape index (κ2) is 7.11. The Morgan fingerprint density at radius 2 is 2.16 bits per heavy atom. The van der Waals surface area contributed by atoms with Gasteiger partial charge in [0.15, 0.2) is 0 Å². The van der Waals surface area contributed by atoms with Gasteiger partial charge >= 0.3 is 0 Å². The Morgan fingerprint density at radius 1 is 1.47 bits per heavy atom. The van der Waals surface area contributed by atoms with Gasteiger partial charge < -0.3 is 16.2 Å². The topological polar surface area (TPSA) is 81.6 Å². The predicted molar refractivity (Wildman–Crippen MR) is 76.8 cm³/mol. The first-order chi connectivity index (χ1) is 8.99. The predicted octanol–water partition coefficient (Wildman–Crippen LogP) is 1.22. The van der Waals surface area contributed by atoms with Crippen LogP contribution in [0.25, 0.3) is 0 Å². The number of nitrogen functional groups attached to an aromatic ring is 1. The number of primary amides is 1. The summed E-state index contributed by atoms with van der Waals surface area (Å²) in [6.07, 6.45) is 0. The molecule has 0 radical (unpaired) electrons. The van der Waals surface area contributed by atoms with E-state index in [4.69, 9.17) is 16.2 Å². The molecule has 0 fully saturated rings. The first-order valence-electron chi connectivity index (χ1n) is 6.40. The maximum Gasteiger partial charge on any atom is 0.248 e. The smallest absolute Gasteiger partial charge is 0.248 e. The number of hydrogen-bond acceptors (Lipinski definition) is 4. The molecule has 0 heterocycles. The summed E-state index contributed by atoms with van der Waals surface area (Å²) in [4.78, 5) is 13.3. The van der Waals surface area contributed by atoms with E-state index in [1.807, 2.05) is 6.07 Å². The molecular formula is C14H23N3O2. The third-order valence-electron chi connectivity index (χ3n) is 3.24. The van der Waals surface area contributed by atoms with Crippen LogP contribution in [0.2, 0.25) is 0 Å². The van der Waals surface area contributed by atoms with Gasteiger partial charge in [0, 0.05) is 30.9 Å². The number of rotatable bonds is 7. The molecule has 0 saturated carbocycles. The monoisotopic (exact) mass is 265 g/mol. The summed E-state index contributed by atoms with van der Waals surface area (Å²) < 4.78 is 5.17. The van der Waals surface area contributed by atoms with Crippen molar-refractivity contribution in [3.8, 4) is 0 Å². The Bertz CT molecular complexity index is 435. The van der Waals surface area contributed by atoms with E-state index in [2.05, 4.69) is 18.7 Å². The number of nitrogens with two attached hydrogens (primary N) is 2. The van der Waals surface area contributed by atoms with E-state index in [-0.39, 0.29) is 0 Å². The van der Waals surface area contributed by atoms with Gasteiger partial charge in [-0.05, 0) is 31.2 Å². The number of amides is 1. The molecule has 0 aliphatic heterocycles. The molecule has 106 valence electrons. The molecular weight excluding hydrogens is 242 g/mol. The zero-order valence-electron chi connectivity index (χ0n) is 11.8. The first kappa shape index (κ1) is 15.5. The third kappa shape index (κ3) is 4.22. The number of benzene rings is 1. The molecule has 5 heteroatoms. The lowest BCUT2D eigenvalue weighted by molar-refractivity contribution is 0.0982. The molecule has 1 aromatic rings. The lowest BCUT2D eigenvalue weighted by Gasteiger charge is -2.27. The quantitative estimate of drug-likeness (QED) is 0.726. The average molecular weight is 265 g/mol. The van der Waals surface area contributed by atoms with Gasteiger partial charge in [-0.1, -0.05) is 13.0 Å². The summed E-state index contributed by atoms with van der Waals surface area (Å²) in [6.45, 7) is 6.52. The molecule has 1 unspecified atom stereocenters. The third-order valence-corrected chi connectivity index (χ3v) is 3.24. The summed E-state index contributed by atoms with van der Waals surface area (Å²) in [5.74, 6) is -0.460. The summed E-state index contributed by atoms with van der Waals surface area (Å²) in [6, 6.07) is 5.51. The van der Waals surface area contributed by atoms with Gasteiger partial charge in [0.2, 0.25) is 5.91 Å². The Labute approximate surface area is 114 Å². The number of methoxy groups -OCH3 is 1. The number of likely N-dealkylation sites (N-methyl/N-ethyl adjacent to an activating group) is 1. The van der Waals surface area contributed by atoms with E-state index in [1.165, 1.54) is 0 Å². The summed E-state index contributed by atoms with van der Waals surface area (Å²) >= 11 is 0. The molecule has 0 spiro atoms. The van der Waals surface area contributed by atoms with E-state index in [1.54, 1.807) is 19.2 Å². The highest BCUT2D eigenvalue weighted by atomic mass is 16.5. The molecule has 0 aliphatic rings. The molecule has 1 atom stereocenters. The zero-order chi connectivity index (χ0) is 14.4. The van der Waals surface area contributed by atoms with E-state index < -0.39 is 5.91 Å². The highest BCUT2D eigenvalue weighted by Crippen LogP contribution is 2.17. The van der Waals surface area contributed by atoms with Gasteiger partial charge in [0.05, 0.1) is 6.61 Å². The minimum absolute atomic E-state index is 0.310. The molecule has 19 heavy (non-hydrogen) atoms. The fourth-order valence-corrected chi connectivity index (χ4v) is 2.04. The lowest BCUT2D eigenvalue weighted by atomic mass is 10.1. The van der Waals surface area contributed by atoms with Gasteiger partial charge in [-0.25, -0.2) is 0 Å². The van der Waals surface area contributed by atoms with Crippen molar-refractivity contribution in [2.75, 3.05) is 26.0 Å². The van der Waals surface area contributed by atoms with Crippen LogP contribution in [0, 0.1) is 0 Å². The first-order valence-corrected chi connectivity index (χ1v) is 6.40. The van der Waals surface area contributed by atoms with Crippen molar-refractivity contribution in [1.82, 2.24) is 4.90 Å². The maximum absolute atomic E-state index is 11.1. The van der Waals surface area contributed by atoms with E-state index in [0.29, 0.717) is 23.9 Å². The van der Waals surface area contributed by atoms with Crippen molar-refractivity contribution in [3.63, 3.8) is 0 Å². The second-order valence-electron chi connectivity index (χ2n) is 4.65. The van der Waals surface area contributed by atoms with Gasteiger partial charge in [-0.15, -0.1) is 0 Å². The van der Waals surface area contributed by atoms with Gasteiger partial charge in [0.1, 0.15) is 0 Å². The van der Waals surface area contributed by atoms with Crippen LogP contribution in [0.5, 0.6) is 0 Å². The molecule has 1 rings (SSSR count). The molecule has 1 aromatic carbocycles.